The van der Waals surface area contributed by atoms with Gasteiger partial charge in [0.1, 0.15) is 11.3 Å². The molecule has 6 nitrogen and oxygen atoms in total. The number of pyridine rings is 1. The van der Waals surface area contributed by atoms with Crippen LogP contribution in [0.4, 0.5) is 30.7 Å². The van der Waals surface area contributed by atoms with Crippen molar-refractivity contribution in [2.45, 2.75) is 17.4 Å². The van der Waals surface area contributed by atoms with Gasteiger partial charge in [0.25, 0.3) is 11.8 Å². The number of imide groups is 1. The highest BCUT2D eigenvalue weighted by Gasteiger charge is 2.41. The topological polar surface area (TPSA) is 84.4 Å². The van der Waals surface area contributed by atoms with Crippen molar-refractivity contribution in [3.05, 3.63) is 93.6 Å². The summed E-state index contributed by atoms with van der Waals surface area (Å²) < 4.78 is 119. The summed E-state index contributed by atoms with van der Waals surface area (Å²) >= 11 is 0. The van der Waals surface area contributed by atoms with Gasteiger partial charge in [-0.1, -0.05) is 18.1 Å². The number of hydrogen-bond acceptors (Lipinski definition) is 5. The van der Waals surface area contributed by atoms with E-state index < -0.39 is 67.8 Å². The number of rotatable bonds is 4. The fourth-order valence-electron chi connectivity index (χ4n) is 3.49. The molecule has 0 atom stereocenters. The SMILES string of the molecule is CS(=O)(=O)c1ccc(CN2C(=O)c3cc(C#CC(F)(F)c4c(F)c(F)c(F)c(F)c4F)cnc3C2=O)cc1. The van der Waals surface area contributed by atoms with Crippen LogP contribution in [0.15, 0.2) is 41.4 Å². The lowest BCUT2D eigenvalue weighted by atomic mass is 10.1. The van der Waals surface area contributed by atoms with Crippen molar-refractivity contribution in [3.8, 4) is 11.8 Å². The maximum atomic E-state index is 14.4. The molecular weight excluding hydrogens is 545 g/mol. The highest BCUT2D eigenvalue weighted by molar-refractivity contribution is 7.90. The average molecular weight is 556 g/mol. The molecule has 0 fully saturated rings. The third kappa shape index (κ3) is 4.60. The summed E-state index contributed by atoms with van der Waals surface area (Å²) in [6.07, 6.45) is 1.80. The van der Waals surface area contributed by atoms with Crippen LogP contribution in [0.5, 0.6) is 0 Å². The van der Waals surface area contributed by atoms with E-state index in [0.29, 0.717) is 5.56 Å². The predicted octanol–water partition coefficient (Wildman–Crippen LogP) is 4.12. The molecule has 0 saturated heterocycles. The summed E-state index contributed by atoms with van der Waals surface area (Å²) in [4.78, 5) is 29.9. The van der Waals surface area contributed by atoms with Gasteiger partial charge in [-0.25, -0.2) is 35.4 Å². The van der Waals surface area contributed by atoms with Gasteiger partial charge in [0.15, 0.2) is 33.1 Å². The van der Waals surface area contributed by atoms with Gasteiger partial charge in [-0.2, -0.15) is 8.78 Å². The van der Waals surface area contributed by atoms with Gasteiger partial charge in [0.2, 0.25) is 5.82 Å². The van der Waals surface area contributed by atoms with Crippen LogP contribution in [0.25, 0.3) is 0 Å². The van der Waals surface area contributed by atoms with Crippen LogP contribution >= 0.6 is 0 Å². The van der Waals surface area contributed by atoms with Crippen molar-refractivity contribution in [1.29, 1.82) is 0 Å². The Kier molecular flexibility index (Phi) is 6.52. The van der Waals surface area contributed by atoms with E-state index in [4.69, 9.17) is 0 Å². The molecule has 4 rings (SSSR count). The van der Waals surface area contributed by atoms with E-state index in [-0.39, 0.29) is 22.7 Å². The van der Waals surface area contributed by atoms with Crippen molar-refractivity contribution in [3.63, 3.8) is 0 Å². The van der Waals surface area contributed by atoms with Crippen LogP contribution in [0.1, 0.15) is 37.5 Å². The Labute approximate surface area is 209 Å². The van der Waals surface area contributed by atoms with Crippen LogP contribution in [0, 0.1) is 40.9 Å². The molecule has 2 amide bonds. The Hall–Kier alpha value is -4.25. The normalized spacial score (nSPS) is 13.4. The van der Waals surface area contributed by atoms with Crippen LogP contribution in [-0.2, 0) is 22.3 Å². The number of benzene rings is 2. The number of amides is 2. The van der Waals surface area contributed by atoms with Gasteiger partial charge < -0.3 is 0 Å². The first-order valence-electron chi connectivity index (χ1n) is 10.2. The fourth-order valence-corrected chi connectivity index (χ4v) is 4.12. The smallest absolute Gasteiger partial charge is 0.268 e. The van der Waals surface area contributed by atoms with Crippen LogP contribution < -0.4 is 0 Å². The summed E-state index contributed by atoms with van der Waals surface area (Å²) in [5.41, 5.74) is -3.18. The van der Waals surface area contributed by atoms with Gasteiger partial charge >= 0.3 is 5.92 Å². The zero-order valence-corrected chi connectivity index (χ0v) is 19.6. The van der Waals surface area contributed by atoms with E-state index in [1.165, 1.54) is 24.3 Å². The maximum Gasteiger partial charge on any atom is 0.339 e. The highest BCUT2D eigenvalue weighted by Crippen LogP contribution is 2.35. The molecule has 14 heteroatoms. The van der Waals surface area contributed by atoms with Crippen molar-refractivity contribution in [2.24, 2.45) is 0 Å². The number of carbonyl (C=O) groups excluding carboxylic acids is 2. The van der Waals surface area contributed by atoms with Crippen molar-refractivity contribution in [2.75, 3.05) is 6.26 Å². The van der Waals surface area contributed by atoms with E-state index in [0.717, 1.165) is 29.3 Å². The molecule has 196 valence electrons. The summed E-state index contributed by atoms with van der Waals surface area (Å²) in [6, 6.07) is 6.22. The van der Waals surface area contributed by atoms with Crippen LogP contribution in [0.2, 0.25) is 0 Å². The van der Waals surface area contributed by atoms with E-state index in [1.807, 2.05) is 0 Å². The molecule has 1 aliphatic rings. The monoisotopic (exact) mass is 556 g/mol. The van der Waals surface area contributed by atoms with Gasteiger partial charge in [0.05, 0.1) is 17.0 Å². The standard InChI is InChI=1S/C24H11F7N2O4S/c1-38(36,37)13-4-2-11(3-5-13)10-33-22(34)14-8-12(9-32-21(14)23(33)35)6-7-24(30,31)15-16(25)18(27)20(29)19(28)17(15)26/h2-5,8-9H,10H2,1H3. The molecule has 0 aliphatic carbocycles. The first-order valence-corrected chi connectivity index (χ1v) is 12.1. The van der Waals surface area contributed by atoms with E-state index in [1.54, 1.807) is 5.92 Å². The second-order valence-corrected chi connectivity index (χ2v) is 10.0. The van der Waals surface area contributed by atoms with E-state index >= 15 is 0 Å². The van der Waals surface area contributed by atoms with E-state index in [9.17, 15) is 48.7 Å². The number of fused-ring (bicyclic) bond motifs is 1. The molecule has 3 aromatic rings. The van der Waals surface area contributed by atoms with Gasteiger partial charge in [0, 0.05) is 18.0 Å². The molecule has 0 N–H and O–H groups in total. The van der Waals surface area contributed by atoms with Crippen molar-refractivity contribution < 1.29 is 48.7 Å². The molecule has 2 aromatic carbocycles. The average Bonchev–Trinajstić information content (AvgIpc) is 3.09. The molecule has 1 aliphatic heterocycles. The van der Waals surface area contributed by atoms with Crippen LogP contribution in [-0.4, -0.2) is 36.4 Å². The van der Waals surface area contributed by atoms with Gasteiger partial charge in [-0.3, -0.25) is 14.5 Å². The number of hydrogen-bond donors (Lipinski definition) is 0. The van der Waals surface area contributed by atoms with Crippen LogP contribution in [0.3, 0.4) is 0 Å². The Morgan fingerprint density at radius 2 is 1.45 bits per heavy atom. The minimum Gasteiger partial charge on any atom is -0.268 e. The zero-order valence-electron chi connectivity index (χ0n) is 18.8. The molecule has 0 unspecified atom stereocenters. The number of sulfone groups is 1. The molecule has 0 radical (unpaired) electrons. The lowest BCUT2D eigenvalue weighted by Gasteiger charge is -2.13. The molecular formula is C24H11F7N2O4S. The number of alkyl halides is 2. The Morgan fingerprint density at radius 1 is 0.895 bits per heavy atom. The Balaban J connectivity index is 1.62. The molecule has 38 heavy (non-hydrogen) atoms. The summed E-state index contributed by atoms with van der Waals surface area (Å²) in [5.74, 6) is -17.0. The third-order valence-electron chi connectivity index (χ3n) is 5.39. The van der Waals surface area contributed by atoms with Gasteiger partial charge in [-0.05, 0) is 29.7 Å². The van der Waals surface area contributed by atoms with E-state index in [2.05, 4.69) is 4.98 Å². The summed E-state index contributed by atoms with van der Waals surface area (Å²) in [6.45, 7) is -0.280. The first-order chi connectivity index (χ1) is 17.6. The molecule has 2 heterocycles. The number of aromatic nitrogens is 1. The molecule has 1 aromatic heterocycles. The largest absolute Gasteiger partial charge is 0.339 e. The maximum absolute atomic E-state index is 14.4. The number of nitrogens with zero attached hydrogens (tertiary/aromatic N) is 2. The third-order valence-corrected chi connectivity index (χ3v) is 6.52. The second-order valence-electron chi connectivity index (χ2n) is 8.00. The first kappa shape index (κ1) is 26.8. The molecule has 0 spiro atoms. The fraction of sp³-hybridized carbons (Fsp3) is 0.125. The number of carbonyl (C=O) groups is 2. The predicted molar refractivity (Wildman–Crippen MR) is 115 cm³/mol. The lowest BCUT2D eigenvalue weighted by molar-refractivity contribution is 0.0526. The second kappa shape index (κ2) is 9.25. The minimum absolute atomic E-state index is 0.0103. The zero-order chi connectivity index (χ0) is 28.2. The minimum atomic E-state index is -4.84. The quantitative estimate of drug-likeness (QED) is 0.159. The summed E-state index contributed by atoms with van der Waals surface area (Å²) in [7, 11) is -3.48. The van der Waals surface area contributed by atoms with Crippen molar-refractivity contribution >= 4 is 21.7 Å². The van der Waals surface area contributed by atoms with Gasteiger partial charge in [-0.15, -0.1) is 0 Å². The number of halogens is 7. The van der Waals surface area contributed by atoms with Crippen molar-refractivity contribution in [1.82, 2.24) is 9.88 Å². The summed E-state index contributed by atoms with van der Waals surface area (Å²) in [5, 5.41) is 0. The lowest BCUT2D eigenvalue weighted by Crippen LogP contribution is -2.29. The Morgan fingerprint density at radius 3 is 2.00 bits per heavy atom. The molecule has 0 saturated carbocycles. The molecule has 0 bridgehead atoms. The highest BCUT2D eigenvalue weighted by atomic mass is 32.2. The Bertz CT molecular complexity index is 1670.